The minimum absolute atomic E-state index is 0.0374. The average molecular weight is 392 g/mol. The quantitative estimate of drug-likeness (QED) is 0.791. The summed E-state index contributed by atoms with van der Waals surface area (Å²) < 4.78 is 5.85. The maximum Gasteiger partial charge on any atom is 0.251 e. The van der Waals surface area contributed by atoms with Crippen LogP contribution in [0.25, 0.3) is 0 Å². The van der Waals surface area contributed by atoms with E-state index in [1.807, 2.05) is 42.5 Å². The molecule has 2 aromatic rings. The Balaban J connectivity index is 1.20. The summed E-state index contributed by atoms with van der Waals surface area (Å²) in [6.07, 6.45) is 7.42. The summed E-state index contributed by atoms with van der Waals surface area (Å²) >= 11 is 0. The molecule has 1 amide bonds. The lowest BCUT2D eigenvalue weighted by molar-refractivity contribution is -0.136. The van der Waals surface area contributed by atoms with E-state index in [9.17, 15) is 9.90 Å². The summed E-state index contributed by atoms with van der Waals surface area (Å²) in [4.78, 5) is 17.2. The Hall–Kier alpha value is -2.40. The summed E-state index contributed by atoms with van der Waals surface area (Å²) in [7, 11) is 0. The number of aromatic nitrogens is 1. The van der Waals surface area contributed by atoms with Gasteiger partial charge in [-0.3, -0.25) is 9.78 Å². The molecule has 29 heavy (non-hydrogen) atoms. The third kappa shape index (κ3) is 3.88. The first-order valence-electron chi connectivity index (χ1n) is 10.7. The van der Waals surface area contributed by atoms with Crippen molar-refractivity contribution in [3.63, 3.8) is 0 Å². The topological polar surface area (TPSA) is 71.5 Å². The van der Waals surface area contributed by atoms with Gasteiger partial charge in [0.25, 0.3) is 5.91 Å². The zero-order valence-corrected chi connectivity index (χ0v) is 16.6. The first-order valence-corrected chi connectivity index (χ1v) is 10.7. The third-order valence-electron chi connectivity index (χ3n) is 6.99. The number of ether oxygens (including phenoxy) is 1. The molecule has 1 aromatic carbocycles. The van der Waals surface area contributed by atoms with Crippen molar-refractivity contribution in [2.45, 2.75) is 50.2 Å². The first kappa shape index (κ1) is 18.6. The summed E-state index contributed by atoms with van der Waals surface area (Å²) in [5, 5.41) is 14.0. The van der Waals surface area contributed by atoms with Gasteiger partial charge in [0, 0.05) is 29.9 Å². The van der Waals surface area contributed by atoms with E-state index < -0.39 is 5.60 Å². The molecule has 152 valence electrons. The van der Waals surface area contributed by atoms with Gasteiger partial charge >= 0.3 is 0 Å². The molecule has 5 nitrogen and oxygen atoms in total. The molecule has 4 bridgehead atoms. The summed E-state index contributed by atoms with van der Waals surface area (Å²) in [6, 6.07) is 13.4. The van der Waals surface area contributed by atoms with E-state index in [2.05, 4.69) is 10.3 Å². The van der Waals surface area contributed by atoms with Gasteiger partial charge < -0.3 is 15.2 Å². The predicted molar refractivity (Wildman–Crippen MR) is 110 cm³/mol. The Morgan fingerprint density at radius 3 is 2.69 bits per heavy atom. The molecule has 4 fully saturated rings. The molecular weight excluding hydrogens is 364 g/mol. The van der Waals surface area contributed by atoms with E-state index in [0.717, 1.165) is 44.2 Å². The van der Waals surface area contributed by atoms with Crippen LogP contribution >= 0.6 is 0 Å². The molecule has 1 heterocycles. The highest BCUT2D eigenvalue weighted by Crippen LogP contribution is 2.55. The van der Waals surface area contributed by atoms with Crippen LogP contribution in [0.5, 0.6) is 5.75 Å². The van der Waals surface area contributed by atoms with Crippen LogP contribution in [0.4, 0.5) is 0 Å². The molecular formula is C24H28N2O3. The lowest BCUT2D eigenvalue weighted by Gasteiger charge is -2.58. The number of nitrogens with zero attached hydrogens (tertiary/aromatic N) is 1. The van der Waals surface area contributed by atoms with Crippen molar-refractivity contribution in [3.8, 4) is 5.75 Å². The van der Waals surface area contributed by atoms with Crippen LogP contribution in [0, 0.1) is 17.8 Å². The van der Waals surface area contributed by atoms with Crippen molar-refractivity contribution in [2.24, 2.45) is 17.8 Å². The molecule has 1 aromatic heterocycles. The predicted octanol–water partition coefficient (Wildman–Crippen LogP) is 3.37. The van der Waals surface area contributed by atoms with Crippen molar-refractivity contribution in [1.82, 2.24) is 10.3 Å². The second-order valence-corrected chi connectivity index (χ2v) is 9.14. The molecule has 5 heteroatoms. The standard InChI is InChI=1S/C24H28N2O3/c27-23(26-22-18-10-16-11-19(22)15-24(28,13-16)14-18)17-4-3-6-21(12-17)29-9-7-20-5-1-2-8-25-20/h1-6,8,12,16,18-19,22,28H,7,9-11,13-15H2,(H,26,27). The number of amides is 1. The number of aliphatic hydroxyl groups is 1. The van der Waals surface area contributed by atoms with Gasteiger partial charge in [0.1, 0.15) is 5.75 Å². The van der Waals surface area contributed by atoms with Crippen molar-refractivity contribution in [2.75, 3.05) is 6.61 Å². The van der Waals surface area contributed by atoms with E-state index >= 15 is 0 Å². The average Bonchev–Trinajstić information content (AvgIpc) is 2.70. The van der Waals surface area contributed by atoms with Gasteiger partial charge in [0.15, 0.2) is 0 Å². The van der Waals surface area contributed by atoms with E-state index in [4.69, 9.17) is 4.74 Å². The van der Waals surface area contributed by atoms with Gasteiger partial charge in [-0.05, 0) is 80.2 Å². The molecule has 0 radical (unpaired) electrons. The van der Waals surface area contributed by atoms with Crippen LogP contribution in [0.1, 0.15) is 48.2 Å². The fourth-order valence-electron chi connectivity index (χ4n) is 6.00. The second kappa shape index (κ2) is 7.45. The van der Waals surface area contributed by atoms with E-state index in [1.165, 1.54) is 0 Å². The minimum Gasteiger partial charge on any atom is -0.493 e. The lowest BCUT2D eigenvalue weighted by Crippen LogP contribution is -2.61. The fourth-order valence-corrected chi connectivity index (χ4v) is 6.00. The van der Waals surface area contributed by atoms with Crippen LogP contribution in [0.2, 0.25) is 0 Å². The van der Waals surface area contributed by atoms with E-state index in [-0.39, 0.29) is 11.9 Å². The molecule has 2 unspecified atom stereocenters. The van der Waals surface area contributed by atoms with Crippen molar-refractivity contribution in [3.05, 3.63) is 59.9 Å². The number of rotatable bonds is 6. The highest BCUT2D eigenvalue weighted by molar-refractivity contribution is 5.94. The van der Waals surface area contributed by atoms with E-state index in [0.29, 0.717) is 35.7 Å². The van der Waals surface area contributed by atoms with Gasteiger partial charge in [-0.1, -0.05) is 12.1 Å². The lowest BCUT2D eigenvalue weighted by atomic mass is 9.52. The number of carbonyl (C=O) groups is 1. The van der Waals surface area contributed by atoms with Gasteiger partial charge in [-0.2, -0.15) is 0 Å². The number of hydrogen-bond acceptors (Lipinski definition) is 4. The SMILES string of the molecule is O=C(NC1C2CC3CC1CC(O)(C3)C2)c1cccc(OCCc2ccccn2)c1. The zero-order chi connectivity index (χ0) is 19.8. The number of hydrogen-bond donors (Lipinski definition) is 2. The van der Waals surface area contributed by atoms with Crippen LogP contribution in [0.15, 0.2) is 48.7 Å². The van der Waals surface area contributed by atoms with Gasteiger partial charge in [0.2, 0.25) is 0 Å². The molecule has 0 saturated heterocycles. The van der Waals surface area contributed by atoms with Gasteiger partial charge in [-0.15, -0.1) is 0 Å². The number of pyridine rings is 1. The summed E-state index contributed by atoms with van der Waals surface area (Å²) in [5.41, 5.74) is 1.15. The Morgan fingerprint density at radius 1 is 1.14 bits per heavy atom. The van der Waals surface area contributed by atoms with Crippen molar-refractivity contribution >= 4 is 5.91 Å². The van der Waals surface area contributed by atoms with Crippen LogP contribution in [-0.2, 0) is 6.42 Å². The Morgan fingerprint density at radius 2 is 1.97 bits per heavy atom. The van der Waals surface area contributed by atoms with Crippen LogP contribution < -0.4 is 10.1 Å². The number of nitrogens with one attached hydrogen (secondary N) is 1. The summed E-state index contributed by atoms with van der Waals surface area (Å²) in [5.74, 6) is 2.13. The highest BCUT2D eigenvalue weighted by atomic mass is 16.5. The van der Waals surface area contributed by atoms with Gasteiger partial charge in [0.05, 0.1) is 12.2 Å². The minimum atomic E-state index is -0.473. The van der Waals surface area contributed by atoms with Gasteiger partial charge in [-0.25, -0.2) is 0 Å². The molecule has 2 atom stereocenters. The van der Waals surface area contributed by atoms with Crippen molar-refractivity contribution < 1.29 is 14.6 Å². The fraction of sp³-hybridized carbons (Fsp3) is 0.500. The second-order valence-electron chi connectivity index (χ2n) is 9.14. The smallest absolute Gasteiger partial charge is 0.251 e. The molecule has 6 rings (SSSR count). The van der Waals surface area contributed by atoms with Crippen LogP contribution in [-0.4, -0.2) is 34.2 Å². The summed E-state index contributed by atoms with van der Waals surface area (Å²) in [6.45, 7) is 0.523. The first-order chi connectivity index (χ1) is 14.1. The maximum atomic E-state index is 12.9. The van der Waals surface area contributed by atoms with E-state index in [1.54, 1.807) is 6.20 Å². The molecule has 0 spiro atoms. The molecule has 2 N–H and O–H groups in total. The largest absolute Gasteiger partial charge is 0.493 e. The molecule has 4 aliphatic rings. The normalized spacial score (nSPS) is 32.2. The maximum absolute atomic E-state index is 12.9. The Bertz CT molecular complexity index is 869. The Kier molecular flexibility index (Phi) is 4.78. The molecule has 0 aliphatic heterocycles. The monoisotopic (exact) mass is 392 g/mol. The Labute approximate surface area is 171 Å². The van der Waals surface area contributed by atoms with Crippen molar-refractivity contribution in [1.29, 1.82) is 0 Å². The number of benzene rings is 1. The third-order valence-corrected chi connectivity index (χ3v) is 6.99. The highest BCUT2D eigenvalue weighted by Gasteiger charge is 2.55. The molecule has 4 saturated carbocycles. The number of carbonyl (C=O) groups excluding carboxylic acids is 1. The molecule has 4 aliphatic carbocycles. The van der Waals surface area contributed by atoms with Crippen LogP contribution in [0.3, 0.4) is 0 Å². The zero-order valence-electron chi connectivity index (χ0n) is 16.6.